The van der Waals surface area contributed by atoms with E-state index in [2.05, 4.69) is 15.5 Å². The SMILES string of the molecule is Cc1n[nH]c(=S)n1C(C)C(=O)NC1CC1. The minimum atomic E-state index is -0.295. The standard InChI is InChI=1S/C9H14N4OS/c1-5(8(14)10-7-3-4-7)13-6(2)11-12-9(13)15/h5,7H,3-4H2,1-2H3,(H,10,14)(H,12,15). The second-order valence-corrected chi connectivity index (χ2v) is 4.29. The molecule has 0 spiro atoms. The third-order valence-electron chi connectivity index (χ3n) is 2.57. The fourth-order valence-electron chi connectivity index (χ4n) is 1.51. The molecule has 1 heterocycles. The first kappa shape index (κ1) is 10.4. The number of rotatable bonds is 3. The predicted molar refractivity (Wildman–Crippen MR) is 58.0 cm³/mol. The molecule has 0 saturated heterocycles. The molecule has 1 fully saturated rings. The molecular formula is C9H14N4OS. The lowest BCUT2D eigenvalue weighted by atomic mass is 10.3. The van der Waals surface area contributed by atoms with Crippen LogP contribution in [0.2, 0.25) is 0 Å². The maximum atomic E-state index is 11.8. The van der Waals surface area contributed by atoms with Crippen LogP contribution >= 0.6 is 12.2 Å². The molecule has 2 rings (SSSR count). The van der Waals surface area contributed by atoms with Gasteiger partial charge in [-0.15, -0.1) is 0 Å². The van der Waals surface area contributed by atoms with Crippen molar-refractivity contribution in [2.24, 2.45) is 0 Å². The first-order valence-corrected chi connectivity index (χ1v) is 5.44. The van der Waals surface area contributed by atoms with Crippen molar-refractivity contribution in [1.82, 2.24) is 20.1 Å². The summed E-state index contributed by atoms with van der Waals surface area (Å²) in [5.74, 6) is 0.747. The van der Waals surface area contributed by atoms with Crippen molar-refractivity contribution in [2.75, 3.05) is 0 Å². The number of nitrogens with zero attached hydrogens (tertiary/aromatic N) is 2. The molecule has 15 heavy (non-hydrogen) atoms. The molecule has 1 aliphatic carbocycles. The van der Waals surface area contributed by atoms with Crippen LogP contribution in [0.3, 0.4) is 0 Å². The van der Waals surface area contributed by atoms with Crippen LogP contribution in [0.25, 0.3) is 0 Å². The molecular weight excluding hydrogens is 212 g/mol. The summed E-state index contributed by atoms with van der Waals surface area (Å²) in [6.07, 6.45) is 2.18. The Kier molecular flexibility index (Phi) is 2.60. The Hall–Kier alpha value is -1.17. The number of H-pyrrole nitrogens is 1. The summed E-state index contributed by atoms with van der Waals surface area (Å²) >= 11 is 5.06. The van der Waals surface area contributed by atoms with E-state index in [1.807, 2.05) is 13.8 Å². The molecule has 0 aromatic carbocycles. The molecule has 6 heteroatoms. The minimum Gasteiger partial charge on any atom is -0.352 e. The van der Waals surface area contributed by atoms with Gasteiger partial charge in [0.15, 0.2) is 4.77 Å². The van der Waals surface area contributed by atoms with E-state index < -0.39 is 0 Å². The first-order valence-electron chi connectivity index (χ1n) is 5.03. The van der Waals surface area contributed by atoms with Crippen molar-refractivity contribution in [1.29, 1.82) is 0 Å². The summed E-state index contributed by atoms with van der Waals surface area (Å²) in [5.41, 5.74) is 0. The fourth-order valence-corrected chi connectivity index (χ4v) is 1.84. The van der Waals surface area contributed by atoms with Crippen LogP contribution in [-0.2, 0) is 4.79 Å². The number of aromatic amines is 1. The lowest BCUT2D eigenvalue weighted by molar-refractivity contribution is -0.124. The highest BCUT2D eigenvalue weighted by atomic mass is 32.1. The molecule has 5 nitrogen and oxygen atoms in total. The van der Waals surface area contributed by atoms with Gasteiger partial charge in [-0.1, -0.05) is 0 Å². The molecule has 1 aromatic rings. The molecule has 1 saturated carbocycles. The smallest absolute Gasteiger partial charge is 0.243 e. The zero-order chi connectivity index (χ0) is 11.0. The number of hydrogen-bond donors (Lipinski definition) is 2. The third kappa shape index (κ3) is 2.09. The van der Waals surface area contributed by atoms with Gasteiger partial charge in [-0.05, 0) is 38.9 Å². The van der Waals surface area contributed by atoms with E-state index in [0.717, 1.165) is 18.7 Å². The van der Waals surface area contributed by atoms with Gasteiger partial charge >= 0.3 is 0 Å². The maximum Gasteiger partial charge on any atom is 0.243 e. The van der Waals surface area contributed by atoms with Crippen LogP contribution in [0.15, 0.2) is 0 Å². The fraction of sp³-hybridized carbons (Fsp3) is 0.667. The van der Waals surface area contributed by atoms with Crippen molar-refractivity contribution >= 4 is 18.1 Å². The summed E-state index contributed by atoms with van der Waals surface area (Å²) in [4.78, 5) is 11.8. The van der Waals surface area contributed by atoms with Gasteiger partial charge in [0.05, 0.1) is 0 Å². The van der Waals surface area contributed by atoms with E-state index in [-0.39, 0.29) is 11.9 Å². The van der Waals surface area contributed by atoms with Crippen LogP contribution in [-0.4, -0.2) is 26.7 Å². The summed E-state index contributed by atoms with van der Waals surface area (Å²) in [6.45, 7) is 3.66. The highest BCUT2D eigenvalue weighted by molar-refractivity contribution is 7.71. The first-order chi connectivity index (χ1) is 7.09. The van der Waals surface area contributed by atoms with Crippen LogP contribution in [0.1, 0.15) is 31.6 Å². The zero-order valence-corrected chi connectivity index (χ0v) is 9.60. The number of nitrogens with one attached hydrogen (secondary N) is 2. The van der Waals surface area contributed by atoms with E-state index in [4.69, 9.17) is 12.2 Å². The molecule has 0 radical (unpaired) electrons. The Morgan fingerprint density at radius 3 is 2.87 bits per heavy atom. The molecule has 1 aromatic heterocycles. The molecule has 82 valence electrons. The van der Waals surface area contributed by atoms with Gasteiger partial charge < -0.3 is 5.32 Å². The normalized spacial score (nSPS) is 17.5. The number of carbonyl (C=O) groups is 1. The topological polar surface area (TPSA) is 62.7 Å². The van der Waals surface area contributed by atoms with E-state index >= 15 is 0 Å². The maximum absolute atomic E-state index is 11.8. The van der Waals surface area contributed by atoms with Crippen LogP contribution in [0.4, 0.5) is 0 Å². The Morgan fingerprint density at radius 1 is 1.73 bits per heavy atom. The molecule has 1 amide bonds. The van der Waals surface area contributed by atoms with E-state index in [1.54, 1.807) is 4.57 Å². The molecule has 2 N–H and O–H groups in total. The number of aromatic nitrogens is 3. The van der Waals surface area contributed by atoms with Gasteiger partial charge in [-0.3, -0.25) is 14.5 Å². The molecule has 1 aliphatic rings. The van der Waals surface area contributed by atoms with Gasteiger partial charge in [-0.2, -0.15) is 5.10 Å². The summed E-state index contributed by atoms with van der Waals surface area (Å²) in [7, 11) is 0. The number of carbonyl (C=O) groups excluding carboxylic acids is 1. The second kappa shape index (κ2) is 3.77. The van der Waals surface area contributed by atoms with Gasteiger partial charge in [0, 0.05) is 6.04 Å². The van der Waals surface area contributed by atoms with Crippen LogP contribution < -0.4 is 5.32 Å². The van der Waals surface area contributed by atoms with Crippen molar-refractivity contribution in [2.45, 2.75) is 38.8 Å². The Balaban J connectivity index is 2.15. The lowest BCUT2D eigenvalue weighted by Gasteiger charge is -2.13. The van der Waals surface area contributed by atoms with Crippen LogP contribution in [0, 0.1) is 11.7 Å². The summed E-state index contributed by atoms with van der Waals surface area (Å²) in [6, 6.07) is 0.0816. The lowest BCUT2D eigenvalue weighted by Crippen LogP contribution is -2.33. The minimum absolute atomic E-state index is 0.0121. The zero-order valence-electron chi connectivity index (χ0n) is 8.78. The monoisotopic (exact) mass is 226 g/mol. The molecule has 1 unspecified atom stereocenters. The van der Waals surface area contributed by atoms with Gasteiger partial charge in [0.25, 0.3) is 0 Å². The number of aryl methyl sites for hydroxylation is 1. The highest BCUT2D eigenvalue weighted by Crippen LogP contribution is 2.20. The molecule has 0 bridgehead atoms. The van der Waals surface area contributed by atoms with E-state index in [9.17, 15) is 4.79 Å². The number of hydrogen-bond acceptors (Lipinski definition) is 3. The highest BCUT2D eigenvalue weighted by Gasteiger charge is 2.27. The number of amides is 1. The largest absolute Gasteiger partial charge is 0.352 e. The average molecular weight is 226 g/mol. The van der Waals surface area contributed by atoms with Gasteiger partial charge in [0.1, 0.15) is 11.9 Å². The summed E-state index contributed by atoms with van der Waals surface area (Å²) in [5, 5.41) is 9.61. The Bertz CT molecular complexity index is 432. The van der Waals surface area contributed by atoms with Crippen molar-refractivity contribution < 1.29 is 4.79 Å². The average Bonchev–Trinajstić information content (AvgIpc) is 2.93. The predicted octanol–water partition coefficient (Wildman–Crippen LogP) is 1.09. The van der Waals surface area contributed by atoms with E-state index in [1.165, 1.54) is 0 Å². The van der Waals surface area contributed by atoms with Gasteiger partial charge in [0.2, 0.25) is 5.91 Å². The second-order valence-electron chi connectivity index (χ2n) is 3.90. The van der Waals surface area contributed by atoms with Gasteiger partial charge in [-0.25, -0.2) is 0 Å². The Labute approximate surface area is 92.9 Å². The van der Waals surface area contributed by atoms with E-state index in [0.29, 0.717) is 10.8 Å². The van der Waals surface area contributed by atoms with Crippen molar-refractivity contribution in [3.05, 3.63) is 10.6 Å². The van der Waals surface area contributed by atoms with Crippen molar-refractivity contribution in [3.8, 4) is 0 Å². The summed E-state index contributed by atoms with van der Waals surface area (Å²) < 4.78 is 2.22. The van der Waals surface area contributed by atoms with Crippen molar-refractivity contribution in [3.63, 3.8) is 0 Å². The molecule has 1 atom stereocenters. The third-order valence-corrected chi connectivity index (χ3v) is 2.86. The van der Waals surface area contributed by atoms with Crippen LogP contribution in [0.5, 0.6) is 0 Å². The quantitative estimate of drug-likeness (QED) is 0.758. The molecule has 0 aliphatic heterocycles. The Morgan fingerprint density at radius 2 is 2.40 bits per heavy atom.